The molecule has 0 N–H and O–H groups in total. The summed E-state index contributed by atoms with van der Waals surface area (Å²) in [6.45, 7) is 9.51. The van der Waals surface area contributed by atoms with Crippen LogP contribution in [-0.2, 0) is 24.5 Å². The van der Waals surface area contributed by atoms with Gasteiger partial charge in [0.05, 0.1) is 12.7 Å². The molecule has 2 heterocycles. The highest BCUT2D eigenvalue weighted by Gasteiger charge is 2.43. The topological polar surface area (TPSA) is 98.0 Å². The van der Waals surface area contributed by atoms with Gasteiger partial charge in [-0.25, -0.2) is 9.59 Å². The van der Waals surface area contributed by atoms with E-state index in [1.54, 1.807) is 27.7 Å². The van der Waals surface area contributed by atoms with Gasteiger partial charge in [-0.3, -0.25) is 9.36 Å². The van der Waals surface area contributed by atoms with Gasteiger partial charge in [-0.2, -0.15) is 4.57 Å². The molecule has 52 heavy (non-hydrogen) atoms. The summed E-state index contributed by atoms with van der Waals surface area (Å²) in [5.41, 5.74) is -0.345. The van der Waals surface area contributed by atoms with E-state index in [2.05, 4.69) is 43.3 Å². The van der Waals surface area contributed by atoms with Gasteiger partial charge in [-0.05, 0) is 50.8 Å². The second-order valence-corrected chi connectivity index (χ2v) is 14.6. The van der Waals surface area contributed by atoms with Gasteiger partial charge in [0.15, 0.2) is 0 Å². The summed E-state index contributed by atoms with van der Waals surface area (Å²) in [5.74, 6) is 0. The van der Waals surface area contributed by atoms with E-state index in [1.807, 2.05) is 54.6 Å². The van der Waals surface area contributed by atoms with Crippen LogP contribution < -0.4 is 11.2 Å². The molecule has 1 aromatic heterocycles. The Bertz CT molecular complexity index is 1730. The number of ether oxygens (including phenoxy) is 4. The molecule has 0 saturated carbocycles. The van der Waals surface area contributed by atoms with Crippen molar-refractivity contribution in [3.8, 4) is 0 Å². The Labute approximate surface area is 307 Å². The molecular formula is C43H54N2O7. The smallest absolute Gasteiger partial charge is 0.425 e. The lowest BCUT2D eigenvalue weighted by Gasteiger charge is -2.37. The summed E-state index contributed by atoms with van der Waals surface area (Å²) >= 11 is 0. The zero-order valence-electron chi connectivity index (χ0n) is 31.3. The molecule has 1 aliphatic heterocycles. The molecule has 278 valence electrons. The van der Waals surface area contributed by atoms with Crippen molar-refractivity contribution in [1.29, 1.82) is 0 Å². The molecule has 1 saturated heterocycles. The molecule has 3 aromatic carbocycles. The van der Waals surface area contributed by atoms with E-state index in [-0.39, 0.29) is 12.2 Å². The fraction of sp³-hybridized carbons (Fsp3) is 0.465. The van der Waals surface area contributed by atoms with E-state index < -0.39 is 47.0 Å². The van der Waals surface area contributed by atoms with E-state index in [0.717, 1.165) is 36.0 Å². The number of nitrogens with zero attached hydrogens (tertiary/aromatic N) is 2. The molecule has 0 unspecified atom stereocenters. The van der Waals surface area contributed by atoms with Crippen molar-refractivity contribution in [2.45, 2.75) is 116 Å². The second kappa shape index (κ2) is 17.9. The van der Waals surface area contributed by atoms with Crippen molar-refractivity contribution >= 4 is 6.09 Å². The van der Waals surface area contributed by atoms with Gasteiger partial charge in [0, 0.05) is 24.8 Å². The number of benzene rings is 3. The van der Waals surface area contributed by atoms with Crippen LogP contribution in [0.4, 0.5) is 4.79 Å². The first-order chi connectivity index (χ1) is 25.0. The maximum Gasteiger partial charge on any atom is 0.425 e. The summed E-state index contributed by atoms with van der Waals surface area (Å²) in [5, 5.41) is 0. The summed E-state index contributed by atoms with van der Waals surface area (Å²) in [6, 6.07) is 30.4. The molecule has 1 aliphatic rings. The number of carbonyl (C=O) groups excluding carboxylic acids is 1. The van der Waals surface area contributed by atoms with Crippen LogP contribution >= 0.6 is 0 Å². The number of hydrogen-bond acceptors (Lipinski definition) is 7. The van der Waals surface area contributed by atoms with Gasteiger partial charge < -0.3 is 18.9 Å². The molecule has 1 fully saturated rings. The van der Waals surface area contributed by atoms with Crippen LogP contribution in [0.5, 0.6) is 0 Å². The van der Waals surface area contributed by atoms with E-state index >= 15 is 0 Å². The Morgan fingerprint density at radius 2 is 1.31 bits per heavy atom. The van der Waals surface area contributed by atoms with Gasteiger partial charge in [-0.1, -0.05) is 136 Å². The summed E-state index contributed by atoms with van der Waals surface area (Å²) in [7, 11) is 0. The minimum Gasteiger partial charge on any atom is -0.443 e. The molecule has 0 radical (unpaired) electrons. The lowest BCUT2D eigenvalue weighted by atomic mass is 9.80. The van der Waals surface area contributed by atoms with Crippen LogP contribution in [0.15, 0.2) is 107 Å². The lowest BCUT2D eigenvalue weighted by Crippen LogP contribution is -2.47. The minimum atomic E-state index is -1.03. The molecule has 0 aliphatic carbocycles. The molecule has 0 bridgehead atoms. The number of carbonyl (C=O) groups is 1. The van der Waals surface area contributed by atoms with Gasteiger partial charge in [0.1, 0.15) is 23.5 Å². The highest BCUT2D eigenvalue weighted by molar-refractivity contribution is 5.70. The Morgan fingerprint density at radius 3 is 1.83 bits per heavy atom. The van der Waals surface area contributed by atoms with Crippen molar-refractivity contribution in [2.24, 2.45) is 0 Å². The average Bonchev–Trinajstić information content (AvgIpc) is 3.54. The van der Waals surface area contributed by atoms with Crippen molar-refractivity contribution in [3.05, 3.63) is 140 Å². The van der Waals surface area contributed by atoms with Crippen LogP contribution in [0.2, 0.25) is 0 Å². The number of aryl methyl sites for hydroxylation is 1. The Morgan fingerprint density at radius 1 is 0.788 bits per heavy atom. The maximum absolute atomic E-state index is 13.8. The summed E-state index contributed by atoms with van der Waals surface area (Å²) < 4.78 is 27.6. The zero-order valence-corrected chi connectivity index (χ0v) is 31.3. The first-order valence-corrected chi connectivity index (χ1v) is 18.7. The van der Waals surface area contributed by atoms with Gasteiger partial charge >= 0.3 is 11.8 Å². The molecular weight excluding hydrogens is 656 g/mol. The van der Waals surface area contributed by atoms with E-state index in [9.17, 15) is 14.4 Å². The molecule has 3 atom stereocenters. The first-order valence-electron chi connectivity index (χ1n) is 18.7. The van der Waals surface area contributed by atoms with E-state index in [1.165, 1.54) is 36.4 Å². The van der Waals surface area contributed by atoms with Crippen LogP contribution in [0.1, 0.15) is 108 Å². The minimum absolute atomic E-state index is 0.135. The van der Waals surface area contributed by atoms with Gasteiger partial charge in [0.25, 0.3) is 5.56 Å². The number of unbranched alkanes of at least 4 members (excludes halogenated alkanes) is 6. The van der Waals surface area contributed by atoms with Crippen molar-refractivity contribution in [2.75, 3.05) is 13.2 Å². The SMILES string of the molecule is CCCCCCCCCO[C@@H]1C[C@H](n2cc(C)c(=O)n(C(=O)OC(C)(C)C)c2=O)O[C@@H]1COC(c1ccccc1)(c1ccccc1)c1ccccc1. The average molecular weight is 711 g/mol. The molecule has 0 spiro atoms. The van der Waals surface area contributed by atoms with Gasteiger partial charge in [0.2, 0.25) is 0 Å². The van der Waals surface area contributed by atoms with Crippen LogP contribution in [-0.4, -0.2) is 46.3 Å². The van der Waals surface area contributed by atoms with Gasteiger partial charge in [-0.15, -0.1) is 0 Å². The Kier molecular flexibility index (Phi) is 13.4. The van der Waals surface area contributed by atoms with E-state index in [0.29, 0.717) is 17.6 Å². The standard InChI is InChI=1S/C43H54N2O7/c1-6-7-8-9-10-11-21-28-49-36-29-38(44-30-32(2)39(46)45(40(44)47)41(48)52-42(3,4)5)51-37(36)31-50-43(33-22-15-12-16-23-33,34-24-17-13-18-25-34)35-26-19-14-20-27-35/h12-20,22-27,30,36-38H,6-11,21,28-29,31H2,1-5H3/t36-,37-,38-/m1/s1. The molecule has 9 nitrogen and oxygen atoms in total. The van der Waals surface area contributed by atoms with Crippen molar-refractivity contribution in [3.63, 3.8) is 0 Å². The largest absolute Gasteiger partial charge is 0.443 e. The first kappa shape index (κ1) is 38.9. The number of rotatable bonds is 16. The fourth-order valence-corrected chi connectivity index (χ4v) is 6.84. The quantitative estimate of drug-likeness (QED) is 0.0849. The van der Waals surface area contributed by atoms with Crippen molar-refractivity contribution in [1.82, 2.24) is 9.13 Å². The number of hydrogen-bond donors (Lipinski definition) is 0. The summed E-state index contributed by atoms with van der Waals surface area (Å²) in [6.07, 6.45) is 7.04. The third kappa shape index (κ3) is 9.37. The zero-order chi connectivity index (χ0) is 37.1. The third-order valence-electron chi connectivity index (χ3n) is 9.44. The fourth-order valence-electron chi connectivity index (χ4n) is 6.84. The maximum atomic E-state index is 13.8. The Balaban J connectivity index is 1.47. The Hall–Kier alpha value is -4.31. The molecule has 5 rings (SSSR count). The second-order valence-electron chi connectivity index (χ2n) is 14.6. The van der Waals surface area contributed by atoms with Crippen LogP contribution in [0.25, 0.3) is 0 Å². The third-order valence-corrected chi connectivity index (χ3v) is 9.44. The van der Waals surface area contributed by atoms with Crippen molar-refractivity contribution < 1.29 is 23.7 Å². The number of aromatic nitrogens is 2. The molecule has 9 heteroatoms. The molecule has 4 aromatic rings. The van der Waals surface area contributed by atoms with E-state index in [4.69, 9.17) is 18.9 Å². The summed E-state index contributed by atoms with van der Waals surface area (Å²) in [4.78, 5) is 40.0. The molecule has 0 amide bonds. The predicted molar refractivity (Wildman–Crippen MR) is 203 cm³/mol. The van der Waals surface area contributed by atoms with Crippen LogP contribution in [0, 0.1) is 6.92 Å². The normalized spacial score (nSPS) is 17.7. The monoisotopic (exact) mass is 710 g/mol. The highest BCUT2D eigenvalue weighted by Crippen LogP contribution is 2.42. The highest BCUT2D eigenvalue weighted by atomic mass is 16.6. The van der Waals surface area contributed by atoms with Crippen LogP contribution in [0.3, 0.4) is 0 Å². The lowest BCUT2D eigenvalue weighted by molar-refractivity contribution is -0.104. The predicted octanol–water partition coefficient (Wildman–Crippen LogP) is 8.53.